The van der Waals surface area contributed by atoms with E-state index < -0.39 is 0 Å². The molecule has 6 nitrogen and oxygen atoms in total. The average molecular weight is 329 g/mol. The summed E-state index contributed by atoms with van der Waals surface area (Å²) >= 11 is 0. The van der Waals surface area contributed by atoms with Crippen molar-refractivity contribution < 1.29 is 4.79 Å². The van der Waals surface area contributed by atoms with Crippen molar-refractivity contribution in [2.75, 3.05) is 0 Å². The number of nitrogens with one attached hydrogen (secondary N) is 1. The van der Waals surface area contributed by atoms with Crippen LogP contribution in [-0.4, -0.2) is 26.1 Å². The van der Waals surface area contributed by atoms with Crippen LogP contribution in [0.3, 0.4) is 0 Å². The minimum absolute atomic E-state index is 0.153. The number of amides is 1. The number of tetrazole rings is 1. The van der Waals surface area contributed by atoms with Gasteiger partial charge in [-0.05, 0) is 39.4 Å². The Hall–Kier alpha value is -3.54. The van der Waals surface area contributed by atoms with Crippen LogP contribution < -0.4 is 5.32 Å². The number of aromatic nitrogens is 4. The molecule has 0 atom stereocenters. The van der Waals surface area contributed by atoms with E-state index in [1.165, 1.54) is 0 Å². The molecule has 1 N–H and O–H groups in total. The number of hydrogen-bond acceptors (Lipinski definition) is 4. The predicted molar refractivity (Wildman–Crippen MR) is 94.3 cm³/mol. The molecule has 0 saturated heterocycles. The molecule has 0 aliphatic carbocycles. The lowest BCUT2D eigenvalue weighted by molar-refractivity contribution is 0.0951. The lowest BCUT2D eigenvalue weighted by Crippen LogP contribution is -2.25. The maximum Gasteiger partial charge on any atom is 0.252 e. The highest BCUT2D eigenvalue weighted by atomic mass is 16.1. The van der Waals surface area contributed by atoms with E-state index in [2.05, 4.69) is 20.8 Å². The van der Waals surface area contributed by atoms with Gasteiger partial charge in [0.25, 0.3) is 5.91 Å². The van der Waals surface area contributed by atoms with Crippen molar-refractivity contribution in [1.29, 1.82) is 0 Å². The van der Waals surface area contributed by atoms with Gasteiger partial charge in [-0.1, -0.05) is 54.6 Å². The van der Waals surface area contributed by atoms with Crippen molar-refractivity contribution in [3.05, 3.63) is 84.2 Å². The molecule has 0 radical (unpaired) electrons. The van der Waals surface area contributed by atoms with Gasteiger partial charge in [0.05, 0.1) is 12.2 Å². The Labute approximate surface area is 144 Å². The molecule has 1 aromatic heterocycles. The quantitative estimate of drug-likeness (QED) is 0.625. The predicted octanol–water partition coefficient (Wildman–Crippen LogP) is 2.75. The molecule has 3 aromatic carbocycles. The second-order valence-corrected chi connectivity index (χ2v) is 5.55. The van der Waals surface area contributed by atoms with Crippen LogP contribution in [0.25, 0.3) is 16.5 Å². The molecule has 1 heterocycles. The molecule has 0 unspecified atom stereocenters. The van der Waals surface area contributed by atoms with Crippen LogP contribution in [0.15, 0.2) is 72.8 Å². The van der Waals surface area contributed by atoms with E-state index >= 15 is 0 Å². The summed E-state index contributed by atoms with van der Waals surface area (Å²) in [4.78, 5) is 12.6. The number of carbonyl (C=O) groups is 1. The average Bonchev–Trinajstić information content (AvgIpc) is 3.15. The highest BCUT2D eigenvalue weighted by molar-refractivity contribution is 6.06. The molecular weight excluding hydrogens is 314 g/mol. The van der Waals surface area contributed by atoms with Crippen molar-refractivity contribution in [2.45, 2.75) is 6.54 Å². The maximum absolute atomic E-state index is 12.6. The number of benzene rings is 3. The van der Waals surface area contributed by atoms with Gasteiger partial charge in [-0.15, -0.1) is 5.10 Å². The second-order valence-electron chi connectivity index (χ2n) is 5.55. The molecule has 6 heteroatoms. The smallest absolute Gasteiger partial charge is 0.252 e. The molecule has 0 aliphatic heterocycles. The van der Waals surface area contributed by atoms with E-state index in [9.17, 15) is 4.79 Å². The Balaban J connectivity index is 1.56. The normalized spacial score (nSPS) is 10.7. The summed E-state index contributed by atoms with van der Waals surface area (Å²) in [6.07, 6.45) is 0. The third-order valence-corrected chi connectivity index (χ3v) is 3.98. The lowest BCUT2D eigenvalue weighted by Gasteiger charge is -2.08. The monoisotopic (exact) mass is 329 g/mol. The van der Waals surface area contributed by atoms with E-state index in [0.717, 1.165) is 16.5 Å². The van der Waals surface area contributed by atoms with Crippen LogP contribution >= 0.6 is 0 Å². The Morgan fingerprint density at radius 1 is 0.920 bits per heavy atom. The van der Waals surface area contributed by atoms with E-state index in [4.69, 9.17) is 0 Å². The van der Waals surface area contributed by atoms with Gasteiger partial charge in [-0.2, -0.15) is 4.68 Å². The Bertz CT molecular complexity index is 1020. The fraction of sp³-hybridized carbons (Fsp3) is 0.0526. The van der Waals surface area contributed by atoms with Gasteiger partial charge in [0.1, 0.15) is 0 Å². The molecule has 0 bridgehead atoms. The van der Waals surface area contributed by atoms with Crippen molar-refractivity contribution in [2.24, 2.45) is 0 Å². The number of hydrogen-bond donors (Lipinski definition) is 1. The van der Waals surface area contributed by atoms with Crippen LogP contribution in [0.5, 0.6) is 0 Å². The van der Waals surface area contributed by atoms with Gasteiger partial charge < -0.3 is 5.32 Å². The molecular formula is C19H15N5O. The van der Waals surface area contributed by atoms with Crippen LogP contribution in [0.1, 0.15) is 16.2 Å². The zero-order valence-electron chi connectivity index (χ0n) is 13.3. The third kappa shape index (κ3) is 2.97. The molecule has 1 amide bonds. The van der Waals surface area contributed by atoms with E-state index in [1.54, 1.807) is 4.68 Å². The highest BCUT2D eigenvalue weighted by Gasteiger charge is 2.12. The first-order chi connectivity index (χ1) is 12.3. The van der Waals surface area contributed by atoms with Crippen LogP contribution in [0.2, 0.25) is 0 Å². The fourth-order valence-electron chi connectivity index (χ4n) is 2.76. The summed E-state index contributed by atoms with van der Waals surface area (Å²) in [7, 11) is 0. The Morgan fingerprint density at radius 2 is 1.68 bits per heavy atom. The van der Waals surface area contributed by atoms with Gasteiger partial charge in [0.2, 0.25) is 0 Å². The maximum atomic E-state index is 12.6. The number of rotatable bonds is 4. The Kier molecular flexibility index (Phi) is 3.92. The lowest BCUT2D eigenvalue weighted by atomic mass is 10.0. The first-order valence-electron chi connectivity index (χ1n) is 7.91. The summed E-state index contributed by atoms with van der Waals surface area (Å²) in [6, 6.07) is 23.1. The van der Waals surface area contributed by atoms with Gasteiger partial charge in [0.15, 0.2) is 5.82 Å². The van der Waals surface area contributed by atoms with Gasteiger partial charge in [-0.25, -0.2) is 0 Å². The van der Waals surface area contributed by atoms with E-state index in [0.29, 0.717) is 11.4 Å². The molecule has 0 aliphatic rings. The minimum atomic E-state index is -0.153. The summed E-state index contributed by atoms with van der Waals surface area (Å²) in [5.74, 6) is 0.416. The van der Waals surface area contributed by atoms with Crippen molar-refractivity contribution in [3.8, 4) is 5.69 Å². The first kappa shape index (κ1) is 15.0. The summed E-state index contributed by atoms with van der Waals surface area (Å²) in [5.41, 5.74) is 1.48. The number of nitrogens with zero attached hydrogens (tertiary/aromatic N) is 4. The van der Waals surface area contributed by atoms with Crippen LogP contribution in [0, 0.1) is 0 Å². The van der Waals surface area contributed by atoms with Gasteiger partial charge in [-0.3, -0.25) is 4.79 Å². The highest BCUT2D eigenvalue weighted by Crippen LogP contribution is 2.18. The number of para-hydroxylation sites is 1. The summed E-state index contributed by atoms with van der Waals surface area (Å²) in [5, 5.41) is 16.6. The molecule has 4 rings (SSSR count). The minimum Gasteiger partial charge on any atom is -0.345 e. The third-order valence-electron chi connectivity index (χ3n) is 3.98. The van der Waals surface area contributed by atoms with E-state index in [1.807, 2.05) is 72.8 Å². The van der Waals surface area contributed by atoms with Gasteiger partial charge in [0, 0.05) is 5.56 Å². The summed E-state index contributed by atoms with van der Waals surface area (Å²) < 4.78 is 1.61. The Morgan fingerprint density at radius 3 is 2.56 bits per heavy atom. The molecule has 4 aromatic rings. The summed E-state index contributed by atoms with van der Waals surface area (Å²) in [6.45, 7) is 0.240. The van der Waals surface area contributed by atoms with Gasteiger partial charge >= 0.3 is 0 Å². The fourth-order valence-corrected chi connectivity index (χ4v) is 2.76. The zero-order valence-corrected chi connectivity index (χ0v) is 13.3. The molecule has 0 spiro atoms. The van der Waals surface area contributed by atoms with Crippen LogP contribution in [0.4, 0.5) is 0 Å². The number of fused-ring (bicyclic) bond motifs is 1. The van der Waals surface area contributed by atoms with E-state index in [-0.39, 0.29) is 12.5 Å². The van der Waals surface area contributed by atoms with Crippen LogP contribution in [-0.2, 0) is 6.54 Å². The molecule has 0 saturated carbocycles. The molecule has 0 fully saturated rings. The largest absolute Gasteiger partial charge is 0.345 e. The SMILES string of the molecule is O=C(NCc1nnnn1-c1ccccc1)c1cccc2ccccc12. The van der Waals surface area contributed by atoms with Crippen molar-refractivity contribution in [1.82, 2.24) is 25.5 Å². The second kappa shape index (κ2) is 6.52. The number of carbonyl (C=O) groups excluding carboxylic acids is 1. The standard InChI is InChI=1S/C19H15N5O/c25-19(17-12-6-8-14-7-4-5-11-16(14)17)20-13-18-21-22-23-24(18)15-9-2-1-3-10-15/h1-12H,13H2,(H,20,25). The molecule has 25 heavy (non-hydrogen) atoms. The van der Waals surface area contributed by atoms with Crippen molar-refractivity contribution >= 4 is 16.7 Å². The zero-order chi connectivity index (χ0) is 17.1. The van der Waals surface area contributed by atoms with Crippen molar-refractivity contribution in [3.63, 3.8) is 0 Å². The first-order valence-corrected chi connectivity index (χ1v) is 7.91. The molecule has 122 valence electrons. The topological polar surface area (TPSA) is 72.7 Å².